The Morgan fingerprint density at radius 2 is 2.00 bits per heavy atom. The number of carbonyl (C=O) groups excluding carboxylic acids is 1. The summed E-state index contributed by atoms with van der Waals surface area (Å²) < 4.78 is 32.8. The lowest BCUT2D eigenvalue weighted by atomic mass is 10.2. The average molecular weight is 353 g/mol. The van der Waals surface area contributed by atoms with Crippen molar-refractivity contribution in [2.75, 3.05) is 17.1 Å². The van der Waals surface area contributed by atoms with Gasteiger partial charge in [0.15, 0.2) is 0 Å². The molecule has 0 atom stereocenters. The molecule has 120 valence electrons. The lowest BCUT2D eigenvalue weighted by Crippen LogP contribution is -2.14. The van der Waals surface area contributed by atoms with Gasteiger partial charge in [-0.1, -0.05) is 23.7 Å². The second kappa shape index (κ2) is 5.75. The van der Waals surface area contributed by atoms with Crippen molar-refractivity contribution in [1.29, 1.82) is 0 Å². The fourth-order valence-corrected chi connectivity index (χ4v) is 4.01. The Labute approximate surface area is 138 Å². The van der Waals surface area contributed by atoms with Crippen molar-refractivity contribution in [3.05, 3.63) is 47.0 Å². The Morgan fingerprint density at radius 1 is 1.26 bits per heavy atom. The molecule has 23 heavy (non-hydrogen) atoms. The minimum absolute atomic E-state index is 0.0355. The van der Waals surface area contributed by atoms with Crippen LogP contribution in [0.15, 0.2) is 41.3 Å². The summed E-state index contributed by atoms with van der Waals surface area (Å²) in [7, 11) is -2.47. The van der Waals surface area contributed by atoms with E-state index in [9.17, 15) is 13.2 Å². The van der Waals surface area contributed by atoms with Crippen molar-refractivity contribution in [3.63, 3.8) is 0 Å². The smallest absolute Gasteiger partial charge is 0.263 e. The van der Waals surface area contributed by atoms with Gasteiger partial charge in [-0.3, -0.25) is 9.52 Å². The molecule has 1 heterocycles. The summed E-state index contributed by atoms with van der Waals surface area (Å²) in [4.78, 5) is 11.3. The average Bonchev–Trinajstić information content (AvgIpc) is 2.85. The molecule has 2 aromatic carbocycles. The molecule has 0 saturated carbocycles. The molecule has 3 rings (SSSR count). The number of halogens is 1. The Morgan fingerprint density at radius 3 is 2.74 bits per heavy atom. The fourth-order valence-electron chi connectivity index (χ4n) is 2.36. The summed E-state index contributed by atoms with van der Waals surface area (Å²) in [5.74, 6) is 0.202. The van der Waals surface area contributed by atoms with E-state index in [0.29, 0.717) is 22.7 Å². The normalized spacial score (nSPS) is 13.4. The van der Waals surface area contributed by atoms with Crippen molar-refractivity contribution < 1.29 is 17.9 Å². The molecule has 0 aliphatic carbocycles. The zero-order valence-corrected chi connectivity index (χ0v) is 13.7. The van der Waals surface area contributed by atoms with Crippen LogP contribution in [0.25, 0.3) is 0 Å². The van der Waals surface area contributed by atoms with Crippen LogP contribution in [0.1, 0.15) is 5.56 Å². The molecule has 2 aromatic rings. The van der Waals surface area contributed by atoms with E-state index >= 15 is 0 Å². The molecule has 0 aromatic heterocycles. The molecule has 0 fully saturated rings. The van der Waals surface area contributed by atoms with Gasteiger partial charge in [0, 0.05) is 5.69 Å². The van der Waals surface area contributed by atoms with Crippen molar-refractivity contribution in [2.24, 2.45) is 0 Å². The third kappa shape index (κ3) is 2.97. The van der Waals surface area contributed by atoms with Gasteiger partial charge >= 0.3 is 0 Å². The first-order valence-corrected chi connectivity index (χ1v) is 8.55. The van der Waals surface area contributed by atoms with E-state index in [1.165, 1.54) is 19.2 Å². The summed E-state index contributed by atoms with van der Waals surface area (Å²) in [6.45, 7) is 0. The summed E-state index contributed by atoms with van der Waals surface area (Å²) in [6.07, 6.45) is 0.129. The fraction of sp³-hybridized carbons (Fsp3) is 0.133. The van der Waals surface area contributed by atoms with Crippen molar-refractivity contribution in [2.45, 2.75) is 11.3 Å². The molecule has 0 saturated heterocycles. The van der Waals surface area contributed by atoms with Gasteiger partial charge in [0.2, 0.25) is 5.91 Å². The minimum atomic E-state index is -3.92. The number of carbonyl (C=O) groups is 1. The van der Waals surface area contributed by atoms with E-state index in [1.54, 1.807) is 24.3 Å². The molecule has 1 aliphatic rings. The first-order valence-electron chi connectivity index (χ1n) is 6.69. The molecule has 6 nitrogen and oxygen atoms in total. The Balaban J connectivity index is 2.01. The quantitative estimate of drug-likeness (QED) is 0.885. The van der Waals surface area contributed by atoms with E-state index in [2.05, 4.69) is 10.0 Å². The number of amides is 1. The highest BCUT2D eigenvalue weighted by molar-refractivity contribution is 7.92. The van der Waals surface area contributed by atoms with Gasteiger partial charge in [-0.2, -0.15) is 0 Å². The van der Waals surface area contributed by atoms with Crippen molar-refractivity contribution in [1.82, 2.24) is 0 Å². The number of methoxy groups -OCH3 is 1. The van der Waals surface area contributed by atoms with Gasteiger partial charge in [-0.25, -0.2) is 8.42 Å². The summed E-state index contributed by atoms with van der Waals surface area (Å²) in [6, 6.07) is 9.50. The summed E-state index contributed by atoms with van der Waals surface area (Å²) in [5, 5.41) is 2.66. The van der Waals surface area contributed by atoms with Crippen LogP contribution in [0.3, 0.4) is 0 Å². The zero-order valence-electron chi connectivity index (χ0n) is 12.1. The van der Waals surface area contributed by atoms with Gasteiger partial charge in [0.25, 0.3) is 10.0 Å². The van der Waals surface area contributed by atoms with Crippen molar-refractivity contribution >= 4 is 38.9 Å². The number of fused-ring (bicyclic) bond motifs is 1. The van der Waals surface area contributed by atoms with Crippen LogP contribution in [0.2, 0.25) is 5.02 Å². The van der Waals surface area contributed by atoms with Crippen LogP contribution < -0.4 is 14.8 Å². The number of sulfonamides is 1. The number of hydrogen-bond acceptors (Lipinski definition) is 4. The van der Waals surface area contributed by atoms with Crippen LogP contribution >= 0.6 is 11.6 Å². The lowest BCUT2D eigenvalue weighted by Gasteiger charge is -2.13. The van der Waals surface area contributed by atoms with Gasteiger partial charge in [0.05, 0.1) is 24.2 Å². The predicted molar refractivity (Wildman–Crippen MR) is 87.6 cm³/mol. The van der Waals surface area contributed by atoms with E-state index in [4.69, 9.17) is 16.3 Å². The number of nitrogens with one attached hydrogen (secondary N) is 2. The largest absolute Gasteiger partial charge is 0.495 e. The molecular formula is C15H13ClN2O4S. The second-order valence-corrected chi connectivity index (χ2v) is 7.03. The Kier molecular flexibility index (Phi) is 3.91. The van der Waals surface area contributed by atoms with Crippen LogP contribution in [-0.2, 0) is 21.2 Å². The highest BCUT2D eigenvalue weighted by Gasteiger charge is 2.25. The molecule has 0 unspecified atom stereocenters. The maximum atomic E-state index is 12.6. The van der Waals surface area contributed by atoms with Gasteiger partial charge in [0.1, 0.15) is 10.6 Å². The standard InChI is InChI=1S/C15H13ClN2O4S/c1-22-13-5-3-2-4-11(13)18-23(20,21)14-6-9-7-15(19)17-12(9)8-10(14)16/h2-6,8,18H,7H2,1H3,(H,17,19). The van der Waals surface area contributed by atoms with Gasteiger partial charge < -0.3 is 10.1 Å². The number of hydrogen-bond donors (Lipinski definition) is 2. The van der Waals surface area contributed by atoms with Crippen LogP contribution in [0, 0.1) is 0 Å². The summed E-state index contributed by atoms with van der Waals surface area (Å²) in [5.41, 5.74) is 1.44. The first-order chi connectivity index (χ1) is 10.9. The number of para-hydroxylation sites is 2. The lowest BCUT2D eigenvalue weighted by molar-refractivity contribution is -0.115. The number of rotatable bonds is 4. The number of anilines is 2. The van der Waals surface area contributed by atoms with Gasteiger partial charge in [-0.05, 0) is 29.8 Å². The van der Waals surface area contributed by atoms with Gasteiger partial charge in [-0.15, -0.1) is 0 Å². The van der Waals surface area contributed by atoms with E-state index in [-0.39, 0.29) is 22.2 Å². The Bertz CT molecular complexity index is 896. The minimum Gasteiger partial charge on any atom is -0.495 e. The van der Waals surface area contributed by atoms with Crippen LogP contribution in [0.5, 0.6) is 5.75 Å². The SMILES string of the molecule is COc1ccccc1NS(=O)(=O)c1cc2c(cc1Cl)NC(=O)C2. The monoisotopic (exact) mass is 352 g/mol. The first kappa shape index (κ1) is 15.6. The van der Waals surface area contributed by atoms with Crippen LogP contribution in [0.4, 0.5) is 11.4 Å². The summed E-state index contributed by atoms with van der Waals surface area (Å²) >= 11 is 6.08. The predicted octanol–water partition coefficient (Wildman–Crippen LogP) is 2.64. The van der Waals surface area contributed by atoms with Crippen LogP contribution in [-0.4, -0.2) is 21.4 Å². The molecule has 1 amide bonds. The molecule has 0 radical (unpaired) electrons. The zero-order chi connectivity index (χ0) is 16.6. The maximum Gasteiger partial charge on any atom is 0.263 e. The topological polar surface area (TPSA) is 84.5 Å². The second-order valence-electron chi connectivity index (χ2n) is 4.97. The third-order valence-electron chi connectivity index (χ3n) is 3.42. The highest BCUT2D eigenvalue weighted by atomic mass is 35.5. The molecule has 0 bridgehead atoms. The molecular weight excluding hydrogens is 340 g/mol. The Hall–Kier alpha value is -2.25. The molecule has 8 heteroatoms. The maximum absolute atomic E-state index is 12.6. The number of ether oxygens (including phenoxy) is 1. The molecule has 2 N–H and O–H groups in total. The van der Waals surface area contributed by atoms with E-state index < -0.39 is 10.0 Å². The number of benzene rings is 2. The third-order valence-corrected chi connectivity index (χ3v) is 5.25. The molecule has 1 aliphatic heterocycles. The van der Waals surface area contributed by atoms with Crippen molar-refractivity contribution in [3.8, 4) is 5.75 Å². The highest BCUT2D eigenvalue weighted by Crippen LogP contribution is 2.34. The molecule has 0 spiro atoms. The van der Waals surface area contributed by atoms with E-state index in [0.717, 1.165) is 0 Å². The van der Waals surface area contributed by atoms with E-state index in [1.807, 2.05) is 0 Å².